The zero-order chi connectivity index (χ0) is 26.1. The van der Waals surface area contributed by atoms with Crippen molar-refractivity contribution in [2.45, 2.75) is 19.9 Å². The summed E-state index contributed by atoms with van der Waals surface area (Å²) in [5.41, 5.74) is 2.42. The van der Waals surface area contributed by atoms with Crippen LogP contribution in [0.1, 0.15) is 25.1 Å². The van der Waals surface area contributed by atoms with Crippen molar-refractivity contribution in [1.82, 2.24) is 29.4 Å². The number of amides is 1. The minimum atomic E-state index is 0.118. The van der Waals surface area contributed by atoms with Crippen molar-refractivity contribution >= 4 is 46.3 Å². The minimum Gasteiger partial charge on any atom is -0.368 e. The van der Waals surface area contributed by atoms with E-state index in [9.17, 15) is 15.3 Å². The van der Waals surface area contributed by atoms with Crippen LogP contribution < -0.4 is 15.5 Å². The van der Waals surface area contributed by atoms with Crippen LogP contribution in [0.4, 0.5) is 23.1 Å². The van der Waals surface area contributed by atoms with Gasteiger partial charge in [-0.25, -0.2) is 4.98 Å². The van der Waals surface area contributed by atoms with Crippen molar-refractivity contribution in [1.29, 1.82) is 10.5 Å². The molecule has 2 N–H and O–H groups in total. The molecule has 13 heteroatoms. The fourth-order valence-electron chi connectivity index (χ4n) is 4.68. The number of anilines is 4. The molecule has 1 amide bonds. The third kappa shape index (κ3) is 4.69. The van der Waals surface area contributed by atoms with Crippen LogP contribution in [0.15, 0.2) is 18.3 Å². The van der Waals surface area contributed by atoms with Gasteiger partial charge in [-0.1, -0.05) is 11.6 Å². The Kier molecular flexibility index (Phi) is 6.70. The quantitative estimate of drug-likeness (QED) is 0.496. The maximum atomic E-state index is 11.5. The first-order valence-electron chi connectivity index (χ1n) is 12.1. The minimum absolute atomic E-state index is 0.118. The molecule has 1 aromatic carbocycles. The highest BCUT2D eigenvalue weighted by Gasteiger charge is 2.35. The van der Waals surface area contributed by atoms with Crippen LogP contribution in [0, 0.1) is 22.7 Å². The van der Waals surface area contributed by atoms with Gasteiger partial charge in [0.1, 0.15) is 6.07 Å². The first-order valence-corrected chi connectivity index (χ1v) is 12.4. The highest BCUT2D eigenvalue weighted by atomic mass is 35.5. The monoisotopic (exact) mass is 519 g/mol. The van der Waals surface area contributed by atoms with Crippen LogP contribution in [0.25, 0.3) is 5.65 Å². The van der Waals surface area contributed by atoms with Gasteiger partial charge in [0.2, 0.25) is 11.9 Å². The van der Waals surface area contributed by atoms with Crippen LogP contribution in [-0.2, 0) is 4.79 Å². The molecule has 0 atom stereocenters. The van der Waals surface area contributed by atoms with Crippen LogP contribution in [0.5, 0.6) is 0 Å². The number of nitrogens with one attached hydrogen (secondary N) is 2. The number of likely N-dealkylation sites (tertiary alicyclic amines) is 1. The number of carbonyl (C=O) groups is 1. The van der Waals surface area contributed by atoms with Crippen molar-refractivity contribution in [3.8, 4) is 12.1 Å². The molecule has 2 fully saturated rings. The number of rotatable bonds is 6. The SMILES string of the molecule is CCNc1nc(Nc2cc(C#N)cc(N3CCN(C4CN(C(C)=O)C4)CC3)c2Cl)nn2c(C#N)cnc12. The van der Waals surface area contributed by atoms with Gasteiger partial charge < -0.3 is 20.4 Å². The Labute approximate surface area is 219 Å². The number of imidazole rings is 1. The van der Waals surface area contributed by atoms with Crippen molar-refractivity contribution in [2.24, 2.45) is 0 Å². The van der Waals surface area contributed by atoms with E-state index in [1.165, 1.54) is 10.7 Å². The topological polar surface area (TPSA) is 142 Å². The normalized spacial score (nSPS) is 16.2. The Bertz CT molecular complexity index is 1430. The molecule has 0 aliphatic carbocycles. The molecule has 2 aliphatic rings. The molecule has 190 valence electrons. The lowest BCUT2D eigenvalue weighted by Crippen LogP contribution is -2.64. The fourth-order valence-corrected chi connectivity index (χ4v) is 4.96. The molecule has 3 aromatic rings. The molecule has 0 saturated carbocycles. The van der Waals surface area contributed by atoms with Gasteiger partial charge in [0.05, 0.1) is 34.2 Å². The summed E-state index contributed by atoms with van der Waals surface area (Å²) in [7, 11) is 0. The third-order valence-electron chi connectivity index (χ3n) is 6.73. The standard InChI is InChI=1S/C24H26ClN11O/c1-3-28-22-23-29-12-17(11-27)36(23)32-24(31-22)30-19-8-16(10-26)9-20(21(19)25)34-6-4-33(5-7-34)18-13-35(14-18)15(2)37/h8-9,12,18H,3-7,13-14H2,1-2H3,(H2,28,30,31,32). The highest BCUT2D eigenvalue weighted by Crippen LogP contribution is 2.36. The number of carbonyl (C=O) groups excluding carboxylic acids is 1. The molecule has 4 heterocycles. The van der Waals surface area contributed by atoms with E-state index in [0.717, 1.165) is 45.0 Å². The zero-order valence-electron chi connectivity index (χ0n) is 20.6. The lowest BCUT2D eigenvalue weighted by Gasteiger charge is -2.48. The van der Waals surface area contributed by atoms with E-state index < -0.39 is 0 Å². The molecule has 12 nitrogen and oxygen atoms in total. The van der Waals surface area contributed by atoms with Crippen molar-refractivity contribution in [2.75, 3.05) is 61.3 Å². The molecule has 5 rings (SSSR count). The molecule has 2 saturated heterocycles. The van der Waals surface area contributed by atoms with Gasteiger partial charge in [0.15, 0.2) is 17.2 Å². The van der Waals surface area contributed by atoms with E-state index in [0.29, 0.717) is 40.3 Å². The molecular formula is C24H26ClN11O. The number of nitrogens with zero attached hydrogens (tertiary/aromatic N) is 9. The molecule has 0 spiro atoms. The summed E-state index contributed by atoms with van der Waals surface area (Å²) in [6.07, 6.45) is 1.44. The average Bonchev–Trinajstić information content (AvgIpc) is 3.28. The summed E-state index contributed by atoms with van der Waals surface area (Å²) in [5.74, 6) is 0.808. The number of hydrogen-bond acceptors (Lipinski definition) is 10. The van der Waals surface area contributed by atoms with Crippen LogP contribution >= 0.6 is 11.6 Å². The summed E-state index contributed by atoms with van der Waals surface area (Å²) in [6, 6.07) is 8.13. The molecule has 37 heavy (non-hydrogen) atoms. The van der Waals surface area contributed by atoms with E-state index >= 15 is 0 Å². The summed E-state index contributed by atoms with van der Waals surface area (Å²) < 4.78 is 1.42. The zero-order valence-corrected chi connectivity index (χ0v) is 21.3. The number of benzene rings is 1. The number of nitriles is 2. The van der Waals surface area contributed by atoms with Crippen molar-refractivity contribution in [3.63, 3.8) is 0 Å². The van der Waals surface area contributed by atoms with Crippen molar-refractivity contribution in [3.05, 3.63) is 34.6 Å². The van der Waals surface area contributed by atoms with Gasteiger partial charge in [-0.2, -0.15) is 20.0 Å². The number of piperazine rings is 1. The van der Waals surface area contributed by atoms with Crippen molar-refractivity contribution < 1.29 is 4.79 Å². The average molecular weight is 520 g/mol. The lowest BCUT2D eigenvalue weighted by molar-refractivity contribution is -0.136. The second-order valence-electron chi connectivity index (χ2n) is 9.00. The third-order valence-corrected chi connectivity index (χ3v) is 7.13. The van der Waals surface area contributed by atoms with Crippen LogP contribution in [0.2, 0.25) is 5.02 Å². The summed E-state index contributed by atoms with van der Waals surface area (Å²) in [5, 5.41) is 30.3. The van der Waals surface area contributed by atoms with Gasteiger partial charge in [-0.15, -0.1) is 5.10 Å². The van der Waals surface area contributed by atoms with Gasteiger partial charge >= 0.3 is 0 Å². The summed E-state index contributed by atoms with van der Waals surface area (Å²) in [6.45, 7) is 8.88. The van der Waals surface area contributed by atoms with Gasteiger partial charge in [-0.05, 0) is 19.1 Å². The first kappa shape index (κ1) is 24.6. The smallest absolute Gasteiger partial charge is 0.247 e. The molecular weight excluding hydrogens is 494 g/mol. The van der Waals surface area contributed by atoms with Gasteiger partial charge in [-0.3, -0.25) is 9.69 Å². The predicted octanol–water partition coefficient (Wildman–Crippen LogP) is 2.05. The lowest BCUT2D eigenvalue weighted by atomic mass is 10.1. The molecule has 0 unspecified atom stereocenters. The molecule has 2 aromatic heterocycles. The van der Waals surface area contributed by atoms with E-state index in [2.05, 4.69) is 47.6 Å². The fraction of sp³-hybridized carbons (Fsp3) is 0.417. The Morgan fingerprint density at radius 2 is 1.95 bits per heavy atom. The van der Waals surface area contributed by atoms with E-state index in [-0.39, 0.29) is 17.5 Å². The number of aromatic nitrogens is 4. The van der Waals surface area contributed by atoms with Gasteiger partial charge in [0.25, 0.3) is 0 Å². The largest absolute Gasteiger partial charge is 0.368 e. The molecule has 0 radical (unpaired) electrons. The Morgan fingerprint density at radius 3 is 2.59 bits per heavy atom. The maximum absolute atomic E-state index is 11.5. The number of hydrogen-bond donors (Lipinski definition) is 2. The second kappa shape index (κ2) is 10.1. The first-order chi connectivity index (χ1) is 17.9. The Morgan fingerprint density at radius 1 is 1.19 bits per heavy atom. The Balaban J connectivity index is 1.38. The van der Waals surface area contributed by atoms with E-state index in [1.807, 2.05) is 11.8 Å². The van der Waals surface area contributed by atoms with Crippen LogP contribution in [-0.4, -0.2) is 87.1 Å². The molecule has 0 bridgehead atoms. The van der Waals surface area contributed by atoms with Crippen LogP contribution in [0.3, 0.4) is 0 Å². The maximum Gasteiger partial charge on any atom is 0.247 e. The molecule has 2 aliphatic heterocycles. The van der Waals surface area contributed by atoms with E-state index in [1.54, 1.807) is 19.1 Å². The summed E-state index contributed by atoms with van der Waals surface area (Å²) in [4.78, 5) is 26.7. The number of halogens is 1. The Hall–Kier alpha value is -4.13. The second-order valence-corrected chi connectivity index (χ2v) is 9.38. The summed E-state index contributed by atoms with van der Waals surface area (Å²) >= 11 is 6.85. The van der Waals surface area contributed by atoms with E-state index in [4.69, 9.17) is 11.6 Å². The number of fused-ring (bicyclic) bond motifs is 1. The van der Waals surface area contributed by atoms with Gasteiger partial charge in [0, 0.05) is 58.8 Å². The predicted molar refractivity (Wildman–Crippen MR) is 139 cm³/mol. The highest BCUT2D eigenvalue weighted by molar-refractivity contribution is 6.36.